The van der Waals surface area contributed by atoms with Crippen molar-refractivity contribution in [2.75, 3.05) is 39.8 Å². The number of guanidine groups is 1. The summed E-state index contributed by atoms with van der Waals surface area (Å²) < 4.78 is 26.2. The number of likely N-dealkylation sites (tertiary alicyclic amines) is 1. The minimum absolute atomic E-state index is 0. The summed E-state index contributed by atoms with van der Waals surface area (Å²) in [7, 11) is 1.72. The Morgan fingerprint density at radius 1 is 1.04 bits per heavy atom. The van der Waals surface area contributed by atoms with Gasteiger partial charge in [-0.2, -0.15) is 0 Å². The predicted octanol–water partition coefficient (Wildman–Crippen LogP) is 2.78. The first-order chi connectivity index (χ1) is 11.2. The zero-order chi connectivity index (χ0) is 16.5. The van der Waals surface area contributed by atoms with Crippen molar-refractivity contribution < 1.29 is 8.78 Å². The highest BCUT2D eigenvalue weighted by Crippen LogP contribution is 2.08. The quantitative estimate of drug-likeness (QED) is 0.396. The van der Waals surface area contributed by atoms with Gasteiger partial charge < -0.3 is 15.5 Å². The average Bonchev–Trinajstić information content (AvgIpc) is 2.53. The number of nitrogens with zero attached hydrogens (tertiary/aromatic N) is 2. The van der Waals surface area contributed by atoms with Crippen LogP contribution < -0.4 is 10.6 Å². The van der Waals surface area contributed by atoms with Crippen molar-refractivity contribution in [2.45, 2.75) is 25.7 Å². The Morgan fingerprint density at radius 2 is 1.67 bits per heavy atom. The van der Waals surface area contributed by atoms with Crippen molar-refractivity contribution in [1.29, 1.82) is 0 Å². The molecule has 136 valence electrons. The molecule has 0 bridgehead atoms. The van der Waals surface area contributed by atoms with Gasteiger partial charge in [-0.3, -0.25) is 4.99 Å². The largest absolute Gasteiger partial charge is 0.356 e. The van der Waals surface area contributed by atoms with E-state index in [9.17, 15) is 8.78 Å². The molecule has 1 aromatic rings. The maximum absolute atomic E-state index is 13.1. The van der Waals surface area contributed by atoms with E-state index in [0.717, 1.165) is 25.1 Å². The minimum Gasteiger partial charge on any atom is -0.356 e. The summed E-state index contributed by atoms with van der Waals surface area (Å²) in [6.45, 7) is 4.79. The van der Waals surface area contributed by atoms with E-state index < -0.39 is 11.6 Å². The molecular weight excluding hydrogens is 425 g/mol. The molecule has 24 heavy (non-hydrogen) atoms. The van der Waals surface area contributed by atoms with Crippen LogP contribution in [0.3, 0.4) is 0 Å². The van der Waals surface area contributed by atoms with Crippen LogP contribution in [0.15, 0.2) is 23.2 Å². The van der Waals surface area contributed by atoms with Gasteiger partial charge in [0.15, 0.2) is 5.96 Å². The molecule has 7 heteroatoms. The number of hydrogen-bond acceptors (Lipinski definition) is 2. The van der Waals surface area contributed by atoms with Crippen LogP contribution in [0, 0.1) is 11.6 Å². The van der Waals surface area contributed by atoms with E-state index in [0.29, 0.717) is 18.5 Å². The summed E-state index contributed by atoms with van der Waals surface area (Å²) in [5.74, 6) is -0.355. The molecule has 0 aliphatic carbocycles. The molecule has 1 aromatic carbocycles. The van der Waals surface area contributed by atoms with E-state index in [1.807, 2.05) is 0 Å². The highest BCUT2D eigenvalue weighted by Gasteiger charge is 2.09. The van der Waals surface area contributed by atoms with Crippen LogP contribution in [-0.4, -0.2) is 50.6 Å². The van der Waals surface area contributed by atoms with E-state index >= 15 is 0 Å². The highest BCUT2D eigenvalue weighted by atomic mass is 127. The molecule has 0 amide bonds. The average molecular weight is 452 g/mol. The third-order valence-corrected chi connectivity index (χ3v) is 4.02. The third-order valence-electron chi connectivity index (χ3n) is 4.02. The van der Waals surface area contributed by atoms with E-state index in [-0.39, 0.29) is 24.0 Å². The summed E-state index contributed by atoms with van der Waals surface area (Å²) in [5, 5.41) is 6.44. The summed E-state index contributed by atoms with van der Waals surface area (Å²) in [6, 6.07) is 3.60. The van der Waals surface area contributed by atoms with Crippen LogP contribution in [0.1, 0.15) is 24.8 Å². The van der Waals surface area contributed by atoms with Crippen LogP contribution in [0.5, 0.6) is 0 Å². The lowest BCUT2D eigenvalue weighted by molar-refractivity contribution is 0.232. The van der Waals surface area contributed by atoms with E-state index in [1.54, 1.807) is 7.05 Å². The molecule has 0 saturated carbocycles. The zero-order valence-electron chi connectivity index (χ0n) is 14.2. The number of halogens is 3. The molecule has 1 fully saturated rings. The topological polar surface area (TPSA) is 39.7 Å². The van der Waals surface area contributed by atoms with E-state index in [1.165, 1.54) is 44.5 Å². The third kappa shape index (κ3) is 7.74. The van der Waals surface area contributed by atoms with Gasteiger partial charge in [0, 0.05) is 32.7 Å². The van der Waals surface area contributed by atoms with E-state index in [2.05, 4.69) is 20.5 Å². The van der Waals surface area contributed by atoms with Gasteiger partial charge in [-0.15, -0.1) is 24.0 Å². The first kappa shape index (κ1) is 21.1. The van der Waals surface area contributed by atoms with Gasteiger partial charge in [0.05, 0.1) is 0 Å². The summed E-state index contributed by atoms with van der Waals surface area (Å²) >= 11 is 0. The molecule has 1 aliphatic heterocycles. The second-order valence-corrected chi connectivity index (χ2v) is 5.86. The number of benzene rings is 1. The second-order valence-electron chi connectivity index (χ2n) is 5.86. The van der Waals surface area contributed by atoms with Gasteiger partial charge in [-0.05, 0) is 50.0 Å². The Hall–Kier alpha value is -0.960. The fraction of sp³-hybridized carbons (Fsp3) is 0.588. The lowest BCUT2D eigenvalue weighted by Crippen LogP contribution is -2.43. The van der Waals surface area contributed by atoms with Gasteiger partial charge in [0.25, 0.3) is 0 Å². The van der Waals surface area contributed by atoms with Crippen LogP contribution >= 0.6 is 24.0 Å². The van der Waals surface area contributed by atoms with Crippen LogP contribution in [0.25, 0.3) is 0 Å². The number of rotatable bonds is 6. The molecule has 0 aromatic heterocycles. The molecule has 2 rings (SSSR count). The Morgan fingerprint density at radius 3 is 2.29 bits per heavy atom. The normalized spacial score (nSPS) is 15.7. The van der Waals surface area contributed by atoms with Crippen LogP contribution in [0.4, 0.5) is 8.78 Å². The molecule has 2 N–H and O–H groups in total. The zero-order valence-corrected chi connectivity index (χ0v) is 16.5. The summed E-state index contributed by atoms with van der Waals surface area (Å²) in [5.41, 5.74) is 0.638. The minimum atomic E-state index is -0.538. The lowest BCUT2D eigenvalue weighted by Gasteiger charge is -2.26. The van der Waals surface area contributed by atoms with Crippen molar-refractivity contribution in [3.63, 3.8) is 0 Å². The Kier molecular flexibility index (Phi) is 10.2. The van der Waals surface area contributed by atoms with Crippen LogP contribution in [0.2, 0.25) is 0 Å². The lowest BCUT2D eigenvalue weighted by atomic mass is 10.1. The highest BCUT2D eigenvalue weighted by molar-refractivity contribution is 14.0. The summed E-state index contributed by atoms with van der Waals surface area (Å²) in [6.07, 6.45) is 4.46. The Bertz CT molecular complexity index is 499. The molecule has 0 unspecified atom stereocenters. The van der Waals surface area contributed by atoms with Gasteiger partial charge in [-0.1, -0.05) is 6.42 Å². The number of hydrogen-bond donors (Lipinski definition) is 2. The van der Waals surface area contributed by atoms with Crippen molar-refractivity contribution in [3.05, 3.63) is 35.4 Å². The molecule has 1 aliphatic rings. The fourth-order valence-electron chi connectivity index (χ4n) is 2.82. The van der Waals surface area contributed by atoms with Crippen LogP contribution in [-0.2, 0) is 6.42 Å². The monoisotopic (exact) mass is 452 g/mol. The Labute approximate surface area is 160 Å². The van der Waals surface area contributed by atoms with Gasteiger partial charge in [0.1, 0.15) is 11.6 Å². The first-order valence-electron chi connectivity index (χ1n) is 8.29. The predicted molar refractivity (Wildman–Crippen MR) is 105 cm³/mol. The number of nitrogens with one attached hydrogen (secondary N) is 2. The van der Waals surface area contributed by atoms with Gasteiger partial charge in [0.2, 0.25) is 0 Å². The Balaban J connectivity index is 0.00000288. The number of aliphatic imine (C=N–C) groups is 1. The second kappa shape index (κ2) is 11.6. The molecular formula is C17H27F2IN4. The standard InChI is InChI=1S/C17H26F2N4.HI/c1-20-17(22-7-10-23-8-3-2-4-9-23)21-6-5-14-11-15(18)13-16(19)12-14;/h11-13H,2-10H2,1H3,(H2,20,21,22);1H. The van der Waals surface area contributed by atoms with Gasteiger partial charge >= 0.3 is 0 Å². The smallest absolute Gasteiger partial charge is 0.191 e. The van der Waals surface area contributed by atoms with Crippen molar-refractivity contribution in [3.8, 4) is 0 Å². The first-order valence-corrected chi connectivity index (χ1v) is 8.29. The fourth-order valence-corrected chi connectivity index (χ4v) is 2.82. The molecule has 0 atom stereocenters. The summed E-state index contributed by atoms with van der Waals surface area (Å²) in [4.78, 5) is 6.62. The molecule has 0 spiro atoms. The molecule has 1 saturated heterocycles. The molecule has 4 nitrogen and oxygen atoms in total. The van der Waals surface area contributed by atoms with Gasteiger partial charge in [-0.25, -0.2) is 8.78 Å². The van der Waals surface area contributed by atoms with Crippen molar-refractivity contribution in [2.24, 2.45) is 4.99 Å². The maximum atomic E-state index is 13.1. The van der Waals surface area contributed by atoms with Crippen molar-refractivity contribution in [1.82, 2.24) is 15.5 Å². The molecule has 1 heterocycles. The SMILES string of the molecule is CN=C(NCCc1cc(F)cc(F)c1)NCCN1CCCCC1.I. The number of piperidine rings is 1. The van der Waals surface area contributed by atoms with E-state index in [4.69, 9.17) is 0 Å². The maximum Gasteiger partial charge on any atom is 0.191 e. The molecule has 0 radical (unpaired) electrons. The van der Waals surface area contributed by atoms with Crippen molar-refractivity contribution >= 4 is 29.9 Å².